The Hall–Kier alpha value is -3.45. The molecule has 33 heavy (non-hydrogen) atoms. The highest BCUT2D eigenvalue weighted by Crippen LogP contribution is 2.30. The Morgan fingerprint density at radius 1 is 0.939 bits per heavy atom. The van der Waals surface area contributed by atoms with Crippen LogP contribution >= 0.6 is 11.8 Å². The van der Waals surface area contributed by atoms with Crippen LogP contribution in [0.15, 0.2) is 65.8 Å². The molecule has 4 aromatic rings. The van der Waals surface area contributed by atoms with E-state index in [0.717, 1.165) is 33.6 Å². The van der Waals surface area contributed by atoms with Crippen LogP contribution in [0.2, 0.25) is 0 Å². The molecule has 0 radical (unpaired) electrons. The van der Waals surface area contributed by atoms with Crippen LogP contribution < -0.4 is 5.32 Å². The summed E-state index contributed by atoms with van der Waals surface area (Å²) < 4.78 is 16.3. The fourth-order valence-corrected chi connectivity index (χ4v) is 4.54. The van der Waals surface area contributed by atoms with E-state index < -0.39 is 0 Å². The zero-order chi connectivity index (χ0) is 23.5. The molecule has 0 aliphatic heterocycles. The topological polar surface area (TPSA) is 59.8 Å². The van der Waals surface area contributed by atoms with E-state index in [9.17, 15) is 9.18 Å². The molecule has 0 saturated heterocycles. The van der Waals surface area contributed by atoms with E-state index in [2.05, 4.69) is 15.5 Å². The zero-order valence-corrected chi connectivity index (χ0v) is 19.8. The highest BCUT2D eigenvalue weighted by atomic mass is 32.2. The number of hydrogen-bond acceptors (Lipinski definition) is 4. The monoisotopic (exact) mass is 460 g/mol. The van der Waals surface area contributed by atoms with Gasteiger partial charge in [-0.2, -0.15) is 0 Å². The maximum Gasteiger partial charge on any atom is 0.234 e. The average molecular weight is 461 g/mol. The molecular formula is C26H25FN4OS. The minimum Gasteiger partial charge on any atom is -0.325 e. The van der Waals surface area contributed by atoms with Crippen LogP contribution in [-0.2, 0) is 4.79 Å². The number of nitrogens with zero attached hydrogens (tertiary/aromatic N) is 3. The molecule has 1 aromatic heterocycles. The van der Waals surface area contributed by atoms with E-state index in [1.165, 1.54) is 17.8 Å². The second kappa shape index (κ2) is 9.58. The first-order valence-electron chi connectivity index (χ1n) is 10.6. The number of aromatic nitrogens is 3. The molecule has 0 fully saturated rings. The van der Waals surface area contributed by atoms with E-state index in [-0.39, 0.29) is 17.5 Å². The molecule has 0 saturated carbocycles. The molecular weight excluding hydrogens is 435 g/mol. The Kier molecular flexibility index (Phi) is 6.60. The van der Waals surface area contributed by atoms with Crippen LogP contribution in [0.3, 0.4) is 0 Å². The van der Waals surface area contributed by atoms with Gasteiger partial charge in [-0.05, 0) is 63.1 Å². The quantitative estimate of drug-likeness (QED) is 0.357. The third-order valence-electron chi connectivity index (χ3n) is 5.31. The summed E-state index contributed by atoms with van der Waals surface area (Å²) in [6.45, 7) is 8.00. The Morgan fingerprint density at radius 3 is 2.27 bits per heavy atom. The highest BCUT2D eigenvalue weighted by Gasteiger charge is 2.20. The maximum absolute atomic E-state index is 14.6. The van der Waals surface area contributed by atoms with Gasteiger partial charge in [0.05, 0.1) is 11.3 Å². The summed E-state index contributed by atoms with van der Waals surface area (Å²) in [4.78, 5) is 12.7. The molecule has 7 heteroatoms. The highest BCUT2D eigenvalue weighted by molar-refractivity contribution is 7.99. The standard InChI is InChI=1S/C26H25FN4OS/c1-16-9-11-20(12-10-16)31-25(21-7-5-6-8-22(21)27)29-30-26(31)33-15-23(32)28-24-18(3)13-17(2)14-19(24)4/h5-14H,15H2,1-4H3,(H,28,32). The van der Waals surface area contributed by atoms with E-state index in [1.54, 1.807) is 22.8 Å². The number of rotatable bonds is 6. The lowest BCUT2D eigenvalue weighted by Gasteiger charge is -2.13. The Balaban J connectivity index is 1.62. The van der Waals surface area contributed by atoms with Gasteiger partial charge < -0.3 is 5.32 Å². The van der Waals surface area contributed by atoms with Crippen LogP contribution in [-0.4, -0.2) is 26.4 Å². The van der Waals surface area contributed by atoms with Crippen molar-refractivity contribution in [1.29, 1.82) is 0 Å². The molecule has 1 N–H and O–H groups in total. The fourth-order valence-electron chi connectivity index (χ4n) is 3.79. The molecule has 0 aliphatic carbocycles. The van der Waals surface area contributed by atoms with E-state index in [4.69, 9.17) is 0 Å². The van der Waals surface area contributed by atoms with Crippen molar-refractivity contribution in [2.45, 2.75) is 32.9 Å². The normalized spacial score (nSPS) is 10.9. The second-order valence-corrected chi connectivity index (χ2v) is 9.01. The molecule has 1 heterocycles. The van der Waals surface area contributed by atoms with Crippen LogP contribution in [0.5, 0.6) is 0 Å². The SMILES string of the molecule is Cc1ccc(-n2c(SCC(=O)Nc3c(C)cc(C)cc3C)nnc2-c2ccccc2F)cc1. The van der Waals surface area contributed by atoms with E-state index >= 15 is 0 Å². The predicted octanol–water partition coefficient (Wildman–Crippen LogP) is 6.04. The van der Waals surface area contributed by atoms with Gasteiger partial charge >= 0.3 is 0 Å². The number of hydrogen-bond donors (Lipinski definition) is 1. The summed E-state index contributed by atoms with van der Waals surface area (Å²) in [5, 5.41) is 12.1. The first-order valence-corrected chi connectivity index (χ1v) is 11.6. The lowest BCUT2D eigenvalue weighted by Crippen LogP contribution is -2.16. The largest absolute Gasteiger partial charge is 0.325 e. The number of halogens is 1. The first-order chi connectivity index (χ1) is 15.8. The fraction of sp³-hybridized carbons (Fsp3) is 0.192. The summed E-state index contributed by atoms with van der Waals surface area (Å²) >= 11 is 1.26. The van der Waals surface area contributed by atoms with Gasteiger partial charge in [0.15, 0.2) is 11.0 Å². The van der Waals surface area contributed by atoms with Crippen LogP contribution in [0, 0.1) is 33.5 Å². The predicted molar refractivity (Wildman–Crippen MR) is 131 cm³/mol. The Labute approximate surface area is 197 Å². The lowest BCUT2D eigenvalue weighted by atomic mass is 10.1. The minimum atomic E-state index is -0.377. The summed E-state index contributed by atoms with van der Waals surface area (Å²) in [5.41, 5.74) is 6.30. The van der Waals surface area contributed by atoms with Gasteiger partial charge in [0, 0.05) is 11.4 Å². The number of nitrogens with one attached hydrogen (secondary N) is 1. The number of amides is 1. The summed E-state index contributed by atoms with van der Waals surface area (Å²) in [6.07, 6.45) is 0. The number of thioether (sulfide) groups is 1. The molecule has 168 valence electrons. The number of carbonyl (C=O) groups is 1. The van der Waals surface area contributed by atoms with Gasteiger partial charge in [-0.3, -0.25) is 9.36 Å². The number of anilines is 1. The molecule has 0 unspecified atom stereocenters. The van der Waals surface area contributed by atoms with Crippen LogP contribution in [0.4, 0.5) is 10.1 Å². The molecule has 1 amide bonds. The molecule has 5 nitrogen and oxygen atoms in total. The van der Waals surface area contributed by atoms with Crippen molar-refractivity contribution in [3.8, 4) is 17.1 Å². The molecule has 3 aromatic carbocycles. The van der Waals surface area contributed by atoms with Crippen LogP contribution in [0.25, 0.3) is 17.1 Å². The second-order valence-electron chi connectivity index (χ2n) is 8.07. The van der Waals surface area contributed by atoms with Gasteiger partial charge in [-0.25, -0.2) is 4.39 Å². The van der Waals surface area contributed by atoms with E-state index in [0.29, 0.717) is 16.5 Å². The van der Waals surface area contributed by atoms with E-state index in [1.807, 2.05) is 64.1 Å². The van der Waals surface area contributed by atoms with Crippen molar-refractivity contribution in [3.05, 3.63) is 88.7 Å². The summed E-state index contributed by atoms with van der Waals surface area (Å²) in [5.74, 6) is 0.0255. The van der Waals surface area contributed by atoms with Crippen molar-refractivity contribution in [2.75, 3.05) is 11.1 Å². The number of benzene rings is 3. The summed E-state index contributed by atoms with van der Waals surface area (Å²) in [7, 11) is 0. The Morgan fingerprint density at radius 2 is 1.61 bits per heavy atom. The van der Waals surface area contributed by atoms with Gasteiger partial charge in [-0.15, -0.1) is 10.2 Å². The van der Waals surface area contributed by atoms with Gasteiger partial charge in [0.1, 0.15) is 5.82 Å². The van der Waals surface area contributed by atoms with Gasteiger partial charge in [0.2, 0.25) is 5.91 Å². The van der Waals surface area contributed by atoms with Crippen molar-refractivity contribution in [1.82, 2.24) is 14.8 Å². The zero-order valence-electron chi connectivity index (χ0n) is 19.0. The van der Waals surface area contributed by atoms with Crippen LogP contribution in [0.1, 0.15) is 22.3 Å². The molecule has 0 aliphatic rings. The maximum atomic E-state index is 14.6. The summed E-state index contributed by atoms with van der Waals surface area (Å²) in [6, 6.07) is 18.4. The number of aryl methyl sites for hydroxylation is 4. The van der Waals surface area contributed by atoms with Gasteiger partial charge in [0.25, 0.3) is 0 Å². The molecule has 4 rings (SSSR count). The van der Waals surface area contributed by atoms with Crippen molar-refractivity contribution in [2.24, 2.45) is 0 Å². The van der Waals surface area contributed by atoms with Crippen molar-refractivity contribution >= 4 is 23.4 Å². The van der Waals surface area contributed by atoms with Crippen molar-refractivity contribution < 1.29 is 9.18 Å². The third kappa shape index (κ3) is 4.98. The van der Waals surface area contributed by atoms with Gasteiger partial charge in [-0.1, -0.05) is 59.3 Å². The lowest BCUT2D eigenvalue weighted by molar-refractivity contribution is -0.113. The number of carbonyl (C=O) groups excluding carboxylic acids is 1. The first kappa shape index (κ1) is 22.7. The third-order valence-corrected chi connectivity index (χ3v) is 6.24. The average Bonchev–Trinajstić information content (AvgIpc) is 3.19. The molecule has 0 spiro atoms. The smallest absolute Gasteiger partial charge is 0.234 e. The molecule has 0 atom stereocenters. The Bertz CT molecular complexity index is 1290. The molecule has 0 bridgehead atoms. The minimum absolute atomic E-state index is 0.138. The van der Waals surface area contributed by atoms with Crippen molar-refractivity contribution in [3.63, 3.8) is 0 Å².